The van der Waals surface area contributed by atoms with E-state index in [2.05, 4.69) is 10.3 Å². The summed E-state index contributed by atoms with van der Waals surface area (Å²) in [7, 11) is -2.90. The van der Waals surface area contributed by atoms with Crippen LogP contribution in [0.3, 0.4) is 0 Å². The molecule has 1 amide bonds. The van der Waals surface area contributed by atoms with Gasteiger partial charge in [0.2, 0.25) is 0 Å². The minimum absolute atomic E-state index is 0.130. The van der Waals surface area contributed by atoms with E-state index in [9.17, 15) is 18.3 Å². The Labute approximate surface area is 140 Å². The predicted octanol–water partition coefficient (Wildman–Crippen LogP) is 0.401. The second-order valence-corrected chi connectivity index (χ2v) is 8.09. The van der Waals surface area contributed by atoms with Crippen LogP contribution < -0.4 is 5.32 Å². The summed E-state index contributed by atoms with van der Waals surface area (Å²) in [6.07, 6.45) is 1.56. The standard InChI is InChI=1S/C16H19N3O4S/c20-15-13(4-3-12-2-1-5-17-14(12)15)16(21)18-6-7-19-8-10-24(22,23)11-9-19/h1-5,20H,6-11H2,(H,18,21). The fourth-order valence-electron chi connectivity index (χ4n) is 2.71. The first kappa shape index (κ1) is 16.7. The van der Waals surface area contributed by atoms with E-state index >= 15 is 0 Å². The molecule has 2 aromatic rings. The monoisotopic (exact) mass is 349 g/mol. The number of aromatic hydroxyl groups is 1. The maximum absolute atomic E-state index is 12.2. The van der Waals surface area contributed by atoms with Crippen molar-refractivity contribution in [3.63, 3.8) is 0 Å². The Hall–Kier alpha value is -2.19. The Morgan fingerprint density at radius 2 is 2.00 bits per heavy atom. The molecule has 1 fully saturated rings. The van der Waals surface area contributed by atoms with Crippen molar-refractivity contribution in [3.8, 4) is 5.75 Å². The molecule has 7 nitrogen and oxygen atoms in total. The van der Waals surface area contributed by atoms with E-state index in [-0.39, 0.29) is 28.7 Å². The SMILES string of the molecule is O=C(NCCN1CCS(=O)(=O)CC1)c1ccc2cccnc2c1O. The van der Waals surface area contributed by atoms with E-state index < -0.39 is 9.84 Å². The molecular formula is C16H19N3O4S. The molecule has 3 rings (SSSR count). The highest BCUT2D eigenvalue weighted by Crippen LogP contribution is 2.26. The molecule has 0 unspecified atom stereocenters. The van der Waals surface area contributed by atoms with Crippen molar-refractivity contribution < 1.29 is 18.3 Å². The van der Waals surface area contributed by atoms with Gasteiger partial charge in [0.05, 0.1) is 17.1 Å². The number of nitrogens with zero attached hydrogens (tertiary/aromatic N) is 2. The zero-order valence-electron chi connectivity index (χ0n) is 13.1. The van der Waals surface area contributed by atoms with E-state index in [4.69, 9.17) is 0 Å². The van der Waals surface area contributed by atoms with Crippen LogP contribution in [0.15, 0.2) is 30.5 Å². The highest BCUT2D eigenvalue weighted by molar-refractivity contribution is 7.91. The van der Waals surface area contributed by atoms with Gasteiger partial charge in [-0.2, -0.15) is 0 Å². The van der Waals surface area contributed by atoms with Crippen molar-refractivity contribution in [3.05, 3.63) is 36.0 Å². The lowest BCUT2D eigenvalue weighted by Gasteiger charge is -2.26. The number of nitrogens with one attached hydrogen (secondary N) is 1. The van der Waals surface area contributed by atoms with Crippen LogP contribution in [0, 0.1) is 0 Å². The van der Waals surface area contributed by atoms with Gasteiger partial charge in [-0.15, -0.1) is 0 Å². The minimum atomic E-state index is -2.90. The summed E-state index contributed by atoms with van der Waals surface area (Å²) in [5.41, 5.74) is 0.578. The van der Waals surface area contributed by atoms with Gasteiger partial charge in [-0.25, -0.2) is 8.42 Å². The highest BCUT2D eigenvalue weighted by Gasteiger charge is 2.21. The number of phenolic OH excluding ortho intramolecular Hbond substituents is 1. The van der Waals surface area contributed by atoms with Crippen LogP contribution in [-0.4, -0.2) is 67.0 Å². The van der Waals surface area contributed by atoms with Gasteiger partial charge in [-0.3, -0.25) is 14.7 Å². The number of rotatable bonds is 4. The van der Waals surface area contributed by atoms with Crippen LogP contribution in [-0.2, 0) is 9.84 Å². The molecule has 2 N–H and O–H groups in total. The molecule has 0 atom stereocenters. The number of sulfone groups is 1. The summed E-state index contributed by atoms with van der Waals surface area (Å²) < 4.78 is 22.8. The number of carbonyl (C=O) groups excluding carboxylic acids is 1. The molecule has 1 aromatic carbocycles. The number of phenols is 1. The number of amides is 1. The lowest BCUT2D eigenvalue weighted by Crippen LogP contribution is -2.43. The molecule has 0 radical (unpaired) electrons. The van der Waals surface area contributed by atoms with Crippen molar-refractivity contribution >= 4 is 26.6 Å². The Bertz CT molecular complexity index is 853. The zero-order valence-corrected chi connectivity index (χ0v) is 13.9. The minimum Gasteiger partial charge on any atom is -0.505 e. The molecule has 0 saturated carbocycles. The topological polar surface area (TPSA) is 99.6 Å². The maximum atomic E-state index is 12.2. The Morgan fingerprint density at radius 1 is 1.25 bits per heavy atom. The predicted molar refractivity (Wildman–Crippen MR) is 90.8 cm³/mol. The van der Waals surface area contributed by atoms with Gasteiger partial charge in [-0.05, 0) is 12.1 Å². The fraction of sp³-hybridized carbons (Fsp3) is 0.375. The molecule has 1 aliphatic rings. The average Bonchev–Trinajstić information content (AvgIpc) is 2.57. The summed E-state index contributed by atoms with van der Waals surface area (Å²) in [6, 6.07) is 6.89. The molecular weight excluding hydrogens is 330 g/mol. The van der Waals surface area contributed by atoms with Gasteiger partial charge >= 0.3 is 0 Å². The highest BCUT2D eigenvalue weighted by atomic mass is 32.2. The lowest BCUT2D eigenvalue weighted by atomic mass is 10.1. The summed E-state index contributed by atoms with van der Waals surface area (Å²) in [5.74, 6) is -0.171. The number of benzene rings is 1. The van der Waals surface area contributed by atoms with Crippen LogP contribution in [0.4, 0.5) is 0 Å². The largest absolute Gasteiger partial charge is 0.505 e. The van der Waals surface area contributed by atoms with Crippen molar-refractivity contribution in [1.29, 1.82) is 0 Å². The summed E-state index contributed by atoms with van der Waals surface area (Å²) in [6.45, 7) is 1.94. The van der Waals surface area contributed by atoms with Crippen LogP contribution in [0.5, 0.6) is 5.75 Å². The first-order chi connectivity index (χ1) is 11.5. The smallest absolute Gasteiger partial charge is 0.255 e. The third-order valence-corrected chi connectivity index (χ3v) is 5.75. The van der Waals surface area contributed by atoms with Gasteiger partial charge in [0.1, 0.15) is 5.52 Å². The second kappa shape index (κ2) is 6.74. The molecule has 24 heavy (non-hydrogen) atoms. The molecule has 0 aliphatic carbocycles. The molecule has 2 heterocycles. The quantitative estimate of drug-likeness (QED) is 0.829. The first-order valence-corrected chi connectivity index (χ1v) is 9.56. The number of pyridine rings is 1. The van der Waals surface area contributed by atoms with Crippen molar-refractivity contribution in [2.75, 3.05) is 37.7 Å². The summed E-state index contributed by atoms with van der Waals surface area (Å²) in [4.78, 5) is 18.3. The Morgan fingerprint density at radius 3 is 2.75 bits per heavy atom. The average molecular weight is 349 g/mol. The normalized spacial score (nSPS) is 17.7. The number of hydrogen-bond donors (Lipinski definition) is 2. The molecule has 0 bridgehead atoms. The molecule has 1 aromatic heterocycles. The van der Waals surface area contributed by atoms with Gasteiger partial charge in [0.25, 0.3) is 5.91 Å². The van der Waals surface area contributed by atoms with Crippen LogP contribution >= 0.6 is 0 Å². The number of fused-ring (bicyclic) bond motifs is 1. The maximum Gasteiger partial charge on any atom is 0.255 e. The van der Waals surface area contributed by atoms with Gasteiger partial charge in [-0.1, -0.05) is 12.1 Å². The second-order valence-electron chi connectivity index (χ2n) is 5.79. The molecule has 1 saturated heterocycles. The van der Waals surface area contributed by atoms with Crippen LogP contribution in [0.25, 0.3) is 10.9 Å². The zero-order chi connectivity index (χ0) is 17.2. The molecule has 8 heteroatoms. The number of hydrogen-bond acceptors (Lipinski definition) is 6. The van der Waals surface area contributed by atoms with Crippen molar-refractivity contribution in [2.24, 2.45) is 0 Å². The van der Waals surface area contributed by atoms with Crippen molar-refractivity contribution in [2.45, 2.75) is 0 Å². The first-order valence-electron chi connectivity index (χ1n) is 7.74. The van der Waals surface area contributed by atoms with E-state index in [0.717, 1.165) is 5.39 Å². The molecule has 0 spiro atoms. The third-order valence-electron chi connectivity index (χ3n) is 4.14. The number of aromatic nitrogens is 1. The van der Waals surface area contributed by atoms with Gasteiger partial charge < -0.3 is 10.4 Å². The summed E-state index contributed by atoms with van der Waals surface area (Å²) >= 11 is 0. The van der Waals surface area contributed by atoms with Crippen molar-refractivity contribution in [1.82, 2.24) is 15.2 Å². The van der Waals surface area contributed by atoms with E-state index in [1.807, 2.05) is 11.0 Å². The van der Waals surface area contributed by atoms with Crippen LogP contribution in [0.1, 0.15) is 10.4 Å². The van der Waals surface area contributed by atoms with E-state index in [1.54, 1.807) is 24.4 Å². The lowest BCUT2D eigenvalue weighted by molar-refractivity contribution is 0.0946. The Balaban J connectivity index is 1.59. The van der Waals surface area contributed by atoms with E-state index in [0.29, 0.717) is 31.7 Å². The fourth-order valence-corrected chi connectivity index (χ4v) is 3.99. The van der Waals surface area contributed by atoms with Crippen LogP contribution in [0.2, 0.25) is 0 Å². The number of carbonyl (C=O) groups is 1. The van der Waals surface area contributed by atoms with Gasteiger partial charge in [0.15, 0.2) is 15.6 Å². The van der Waals surface area contributed by atoms with Gasteiger partial charge in [0, 0.05) is 37.8 Å². The Kier molecular flexibility index (Phi) is 4.68. The molecule has 1 aliphatic heterocycles. The third kappa shape index (κ3) is 3.65. The van der Waals surface area contributed by atoms with E-state index in [1.165, 1.54) is 0 Å². The summed E-state index contributed by atoms with van der Waals surface area (Å²) in [5, 5.41) is 13.7. The molecule has 128 valence electrons.